The highest BCUT2D eigenvalue weighted by molar-refractivity contribution is 7.92. The van der Waals surface area contributed by atoms with Crippen molar-refractivity contribution in [2.75, 3.05) is 17.2 Å². The fraction of sp³-hybridized carbons (Fsp3) is 0.263. The summed E-state index contributed by atoms with van der Waals surface area (Å²) in [5.41, 5.74) is 2.39. The number of fused-ring (bicyclic) bond motifs is 1. The zero-order valence-corrected chi connectivity index (χ0v) is 15.3. The first-order valence-electron chi connectivity index (χ1n) is 8.08. The molecule has 134 valence electrons. The number of nitrogens with zero attached hydrogens (tertiary/aromatic N) is 2. The number of benzene rings is 2. The molecule has 7 heteroatoms. The maximum absolute atomic E-state index is 12.4. The van der Waals surface area contributed by atoms with E-state index in [-0.39, 0.29) is 18.4 Å². The zero-order valence-electron chi connectivity index (χ0n) is 14.5. The van der Waals surface area contributed by atoms with Crippen molar-refractivity contribution in [1.82, 2.24) is 0 Å². The lowest BCUT2D eigenvalue weighted by atomic mass is 10.0. The molecule has 0 aromatic heterocycles. The number of rotatable bonds is 5. The van der Waals surface area contributed by atoms with Gasteiger partial charge in [-0.2, -0.15) is 5.26 Å². The number of nitriles is 1. The minimum absolute atomic E-state index is 0.154. The smallest absolute Gasteiger partial charge is 0.232 e. The average Bonchev–Trinajstić information content (AvgIpc) is 2.94. The molecule has 0 spiro atoms. The largest absolute Gasteiger partial charge is 0.485 e. The van der Waals surface area contributed by atoms with Crippen LogP contribution in [0.1, 0.15) is 28.4 Å². The number of ketones is 1. The lowest BCUT2D eigenvalue weighted by Gasteiger charge is -2.21. The summed E-state index contributed by atoms with van der Waals surface area (Å²) in [6, 6.07) is 13.5. The van der Waals surface area contributed by atoms with Crippen molar-refractivity contribution in [2.45, 2.75) is 19.4 Å². The molecule has 1 heterocycles. The summed E-state index contributed by atoms with van der Waals surface area (Å²) < 4.78 is 30.8. The number of sulfonamides is 1. The van der Waals surface area contributed by atoms with Crippen molar-refractivity contribution in [3.63, 3.8) is 0 Å². The second kappa shape index (κ2) is 6.81. The molecule has 0 radical (unpaired) electrons. The van der Waals surface area contributed by atoms with E-state index in [9.17, 15) is 13.2 Å². The Morgan fingerprint density at radius 1 is 1.31 bits per heavy atom. The standard InChI is InChI=1S/C19H18N2O4S/c1-13-8-16-10-15(6-7-18(16)21(13)26(2,23)24)19(22)12-25-17-5-3-4-14(9-17)11-20/h3-7,9-10,13H,8,12H2,1-2H3/t13-/m0/s1. The van der Waals surface area contributed by atoms with E-state index >= 15 is 0 Å². The molecule has 3 rings (SSSR count). The minimum Gasteiger partial charge on any atom is -0.485 e. The van der Waals surface area contributed by atoms with Crippen LogP contribution in [0.15, 0.2) is 42.5 Å². The van der Waals surface area contributed by atoms with E-state index in [1.54, 1.807) is 42.5 Å². The maximum Gasteiger partial charge on any atom is 0.232 e. The van der Waals surface area contributed by atoms with Crippen molar-refractivity contribution >= 4 is 21.5 Å². The first kappa shape index (κ1) is 18.0. The molecular weight excluding hydrogens is 352 g/mol. The van der Waals surface area contributed by atoms with Crippen LogP contribution in [-0.2, 0) is 16.4 Å². The van der Waals surface area contributed by atoms with Gasteiger partial charge in [0.1, 0.15) is 5.75 Å². The number of Topliss-reactive ketones (excluding diaryl/α,β-unsaturated/α-hetero) is 1. The van der Waals surface area contributed by atoms with Gasteiger partial charge in [-0.3, -0.25) is 9.10 Å². The Balaban J connectivity index is 1.76. The van der Waals surface area contributed by atoms with E-state index in [2.05, 4.69) is 0 Å². The van der Waals surface area contributed by atoms with Crippen molar-refractivity contribution < 1.29 is 17.9 Å². The lowest BCUT2D eigenvalue weighted by molar-refractivity contribution is 0.0921. The Morgan fingerprint density at radius 3 is 2.77 bits per heavy atom. The molecule has 2 aromatic rings. The maximum atomic E-state index is 12.4. The average molecular weight is 370 g/mol. The Labute approximate surface area is 152 Å². The van der Waals surface area contributed by atoms with Gasteiger partial charge in [-0.15, -0.1) is 0 Å². The highest BCUT2D eigenvalue weighted by atomic mass is 32.2. The molecule has 0 amide bonds. The van der Waals surface area contributed by atoms with E-state index in [1.165, 1.54) is 10.6 Å². The van der Waals surface area contributed by atoms with Crippen LogP contribution in [0.25, 0.3) is 0 Å². The van der Waals surface area contributed by atoms with E-state index in [4.69, 9.17) is 10.00 Å². The Hall–Kier alpha value is -2.85. The number of anilines is 1. The molecule has 0 saturated carbocycles. The monoisotopic (exact) mass is 370 g/mol. The number of hydrogen-bond donors (Lipinski definition) is 0. The first-order valence-corrected chi connectivity index (χ1v) is 9.93. The van der Waals surface area contributed by atoms with E-state index < -0.39 is 10.0 Å². The van der Waals surface area contributed by atoms with Crippen molar-refractivity contribution in [3.05, 3.63) is 59.2 Å². The molecule has 0 N–H and O–H groups in total. The SMILES string of the molecule is C[C@H]1Cc2cc(C(=O)COc3cccc(C#N)c3)ccc2N1S(C)(=O)=O. The van der Waals surface area contributed by atoms with Crippen LogP contribution in [0, 0.1) is 11.3 Å². The molecule has 1 aliphatic heterocycles. The zero-order chi connectivity index (χ0) is 18.9. The fourth-order valence-corrected chi connectivity index (χ4v) is 4.43. The molecule has 26 heavy (non-hydrogen) atoms. The summed E-state index contributed by atoms with van der Waals surface area (Å²) in [5, 5.41) is 8.89. The Kier molecular flexibility index (Phi) is 4.70. The Morgan fingerprint density at radius 2 is 2.08 bits per heavy atom. The van der Waals surface area contributed by atoms with Crippen LogP contribution < -0.4 is 9.04 Å². The predicted octanol–water partition coefficient (Wildman–Crippen LogP) is 2.53. The molecule has 1 aliphatic rings. The van der Waals surface area contributed by atoms with E-state index in [1.807, 2.05) is 13.0 Å². The normalized spacial score (nSPS) is 16.0. The lowest BCUT2D eigenvalue weighted by Crippen LogP contribution is -2.34. The first-order chi connectivity index (χ1) is 12.3. The van der Waals surface area contributed by atoms with Gasteiger partial charge < -0.3 is 4.74 Å². The number of carbonyl (C=O) groups is 1. The highest BCUT2D eigenvalue weighted by Crippen LogP contribution is 2.34. The molecule has 1 atom stereocenters. The number of hydrogen-bond acceptors (Lipinski definition) is 5. The molecule has 0 unspecified atom stereocenters. The van der Waals surface area contributed by atoms with Gasteiger partial charge in [-0.05, 0) is 55.3 Å². The molecule has 2 aromatic carbocycles. The van der Waals surface area contributed by atoms with Gasteiger partial charge in [-0.1, -0.05) is 6.07 Å². The summed E-state index contributed by atoms with van der Waals surface area (Å²) in [6.45, 7) is 1.69. The van der Waals surface area contributed by atoms with Crippen LogP contribution in [0.3, 0.4) is 0 Å². The fourth-order valence-electron chi connectivity index (χ4n) is 3.17. The van der Waals surface area contributed by atoms with Crippen molar-refractivity contribution in [2.24, 2.45) is 0 Å². The molecule has 0 saturated heterocycles. The van der Waals surface area contributed by atoms with Crippen LogP contribution in [0.5, 0.6) is 5.75 Å². The van der Waals surface area contributed by atoms with Gasteiger partial charge in [0.2, 0.25) is 10.0 Å². The van der Waals surface area contributed by atoms with E-state index in [0.29, 0.717) is 29.0 Å². The molecule has 0 fully saturated rings. The third-order valence-electron chi connectivity index (χ3n) is 4.24. The number of carbonyl (C=O) groups excluding carboxylic acids is 1. The highest BCUT2D eigenvalue weighted by Gasteiger charge is 2.32. The third kappa shape index (κ3) is 3.55. The van der Waals surface area contributed by atoms with Gasteiger partial charge in [0.05, 0.1) is 23.6 Å². The van der Waals surface area contributed by atoms with E-state index in [0.717, 1.165) is 5.56 Å². The van der Waals surface area contributed by atoms with Gasteiger partial charge in [0.25, 0.3) is 0 Å². The van der Waals surface area contributed by atoms with Crippen molar-refractivity contribution in [1.29, 1.82) is 5.26 Å². The minimum atomic E-state index is -3.35. The second-order valence-electron chi connectivity index (χ2n) is 6.31. The quantitative estimate of drug-likeness (QED) is 0.755. The van der Waals surface area contributed by atoms with Gasteiger partial charge >= 0.3 is 0 Å². The van der Waals surface area contributed by atoms with Gasteiger partial charge in [0.15, 0.2) is 12.4 Å². The summed E-state index contributed by atoms with van der Waals surface area (Å²) in [4.78, 5) is 12.4. The molecular formula is C19H18N2O4S. The van der Waals surface area contributed by atoms with Gasteiger partial charge in [-0.25, -0.2) is 8.42 Å². The summed E-state index contributed by atoms with van der Waals surface area (Å²) in [7, 11) is -3.35. The van der Waals surface area contributed by atoms with Crippen LogP contribution in [0.4, 0.5) is 5.69 Å². The Bertz CT molecular complexity index is 1010. The van der Waals surface area contributed by atoms with Crippen molar-refractivity contribution in [3.8, 4) is 11.8 Å². The van der Waals surface area contributed by atoms with Crippen LogP contribution in [-0.4, -0.2) is 33.1 Å². The summed E-state index contributed by atoms with van der Waals surface area (Å²) in [5.74, 6) is 0.246. The molecule has 0 aliphatic carbocycles. The van der Waals surface area contributed by atoms with Crippen LogP contribution in [0.2, 0.25) is 0 Å². The molecule has 0 bridgehead atoms. The van der Waals surface area contributed by atoms with Gasteiger partial charge in [0, 0.05) is 11.6 Å². The summed E-state index contributed by atoms with van der Waals surface area (Å²) >= 11 is 0. The second-order valence-corrected chi connectivity index (χ2v) is 8.17. The topological polar surface area (TPSA) is 87.5 Å². The number of ether oxygens (including phenoxy) is 1. The van der Waals surface area contributed by atoms with Crippen LogP contribution >= 0.6 is 0 Å². The third-order valence-corrected chi connectivity index (χ3v) is 5.52. The molecule has 6 nitrogen and oxygen atoms in total. The predicted molar refractivity (Wildman–Crippen MR) is 97.9 cm³/mol. The summed E-state index contributed by atoms with van der Waals surface area (Å²) in [6.07, 6.45) is 1.75.